The molecule has 0 amide bonds. The zero-order valence-electron chi connectivity index (χ0n) is 10.1. The minimum Gasteiger partial charge on any atom is -0.392 e. The van der Waals surface area contributed by atoms with E-state index >= 15 is 0 Å². The Labute approximate surface area is 112 Å². The number of aromatic nitrogens is 2. The molecule has 0 bridgehead atoms. The maximum Gasteiger partial charge on any atom is 0.351 e. The maximum atomic E-state index is 13.4. The molecule has 0 aromatic carbocycles. The number of anilines is 1. The van der Waals surface area contributed by atoms with E-state index in [9.17, 15) is 24.5 Å². The van der Waals surface area contributed by atoms with Crippen molar-refractivity contribution in [2.45, 2.75) is 24.0 Å². The van der Waals surface area contributed by atoms with Crippen LogP contribution in [-0.2, 0) is 4.74 Å². The van der Waals surface area contributed by atoms with E-state index in [-0.39, 0.29) is 0 Å². The van der Waals surface area contributed by atoms with Gasteiger partial charge in [-0.3, -0.25) is 4.57 Å². The second kappa shape index (κ2) is 4.84. The minimum absolute atomic E-state index is 0.605. The van der Waals surface area contributed by atoms with Crippen LogP contribution in [0.5, 0.6) is 0 Å². The van der Waals surface area contributed by atoms with E-state index in [0.717, 1.165) is 0 Å². The molecule has 8 nitrogen and oxygen atoms in total. The van der Waals surface area contributed by atoms with E-state index in [4.69, 9.17) is 16.9 Å². The molecule has 0 spiro atoms. The van der Waals surface area contributed by atoms with Gasteiger partial charge < -0.3 is 25.8 Å². The second-order valence-electron chi connectivity index (χ2n) is 4.30. The number of nitrogens with two attached hydrogens (primary N) is 1. The zero-order chi connectivity index (χ0) is 15.1. The molecule has 1 saturated heterocycles. The van der Waals surface area contributed by atoms with Crippen LogP contribution >= 0.6 is 0 Å². The highest BCUT2D eigenvalue weighted by molar-refractivity contribution is 5.27. The molecule has 2 rings (SSSR count). The van der Waals surface area contributed by atoms with Crippen molar-refractivity contribution in [1.29, 1.82) is 0 Å². The number of nitrogen functional groups attached to an aromatic ring is 1. The van der Waals surface area contributed by atoms with Gasteiger partial charge in [-0.2, -0.15) is 4.98 Å². The number of nitrogens with zero attached hydrogens (tertiary/aromatic N) is 2. The lowest BCUT2D eigenvalue weighted by atomic mass is 9.97. The van der Waals surface area contributed by atoms with Crippen LogP contribution in [0.25, 0.3) is 0 Å². The van der Waals surface area contributed by atoms with Crippen molar-refractivity contribution in [2.75, 3.05) is 12.3 Å². The summed E-state index contributed by atoms with van der Waals surface area (Å²) in [6.07, 6.45) is 1.03. The first-order valence-electron chi connectivity index (χ1n) is 5.53. The number of terminal acetylenes is 1. The van der Waals surface area contributed by atoms with Gasteiger partial charge in [-0.1, -0.05) is 5.92 Å². The molecular formula is C11H12FN3O5. The Balaban J connectivity index is 2.48. The van der Waals surface area contributed by atoms with Crippen molar-refractivity contribution in [1.82, 2.24) is 9.55 Å². The molecule has 1 fully saturated rings. The quantitative estimate of drug-likeness (QED) is 0.445. The lowest BCUT2D eigenvalue weighted by Crippen LogP contribution is -2.45. The number of halogens is 1. The number of hydrogen-bond donors (Lipinski definition) is 4. The third kappa shape index (κ3) is 1.95. The van der Waals surface area contributed by atoms with E-state index in [2.05, 4.69) is 4.98 Å². The summed E-state index contributed by atoms with van der Waals surface area (Å²) in [5.41, 5.74) is 2.25. The molecule has 2 heterocycles. The monoisotopic (exact) mass is 285 g/mol. The highest BCUT2D eigenvalue weighted by Crippen LogP contribution is 2.36. The Morgan fingerprint density at radius 3 is 2.80 bits per heavy atom. The fraction of sp³-hybridized carbons (Fsp3) is 0.455. The molecule has 1 aliphatic heterocycles. The van der Waals surface area contributed by atoms with Gasteiger partial charge in [0.25, 0.3) is 0 Å². The van der Waals surface area contributed by atoms with Crippen molar-refractivity contribution in [2.24, 2.45) is 0 Å². The van der Waals surface area contributed by atoms with Gasteiger partial charge in [-0.15, -0.1) is 6.42 Å². The number of aliphatic hydroxyl groups excluding tert-OH is 3. The minimum atomic E-state index is -1.89. The Bertz CT molecular complexity index is 627. The average Bonchev–Trinajstić information content (AvgIpc) is 2.68. The standard InChI is InChI=1S/C11H12FN3O5/c1-2-11(4-16)7(18)6(17)9(20-11)15-3-5(12)8(13)14-10(15)19/h1,3,6-7,9,16-18H,4H2,(H2,13,14,19)/t6-,7?,9+,11+/m0/s1. The predicted octanol–water partition coefficient (Wildman–Crippen LogP) is -2.42. The van der Waals surface area contributed by atoms with Gasteiger partial charge in [0.1, 0.15) is 12.2 Å². The molecular weight excluding hydrogens is 273 g/mol. The van der Waals surface area contributed by atoms with Crippen LogP contribution in [0, 0.1) is 18.2 Å². The summed E-state index contributed by atoms with van der Waals surface area (Å²) in [6, 6.07) is 0. The van der Waals surface area contributed by atoms with Gasteiger partial charge in [-0.05, 0) is 0 Å². The summed E-state index contributed by atoms with van der Waals surface area (Å²) >= 11 is 0. The SMILES string of the molecule is C#C[C@]1(CO)O[C@@H](n2cc(F)c(N)nc2=O)[C@@H](O)C1O. The van der Waals surface area contributed by atoms with Gasteiger partial charge in [0.05, 0.1) is 12.8 Å². The van der Waals surface area contributed by atoms with Crippen LogP contribution in [0.4, 0.5) is 10.2 Å². The van der Waals surface area contributed by atoms with Crippen LogP contribution in [0.3, 0.4) is 0 Å². The van der Waals surface area contributed by atoms with Crippen molar-refractivity contribution < 1.29 is 24.4 Å². The number of hydrogen-bond acceptors (Lipinski definition) is 7. The first-order valence-corrected chi connectivity index (χ1v) is 5.53. The smallest absolute Gasteiger partial charge is 0.351 e. The van der Waals surface area contributed by atoms with Gasteiger partial charge in [0.2, 0.25) is 0 Å². The fourth-order valence-corrected chi connectivity index (χ4v) is 1.94. The number of aliphatic hydroxyl groups is 3. The Morgan fingerprint density at radius 1 is 1.65 bits per heavy atom. The van der Waals surface area contributed by atoms with Gasteiger partial charge in [0, 0.05) is 0 Å². The normalized spacial score (nSPS) is 33.0. The molecule has 1 unspecified atom stereocenters. The number of rotatable bonds is 2. The molecule has 1 aliphatic rings. The third-order valence-electron chi connectivity index (χ3n) is 3.11. The largest absolute Gasteiger partial charge is 0.392 e. The predicted molar refractivity (Wildman–Crippen MR) is 63.7 cm³/mol. The van der Waals surface area contributed by atoms with E-state index < -0.39 is 48.0 Å². The maximum absolute atomic E-state index is 13.4. The summed E-state index contributed by atoms with van der Waals surface area (Å²) in [4.78, 5) is 14.8. The second-order valence-corrected chi connectivity index (χ2v) is 4.30. The highest BCUT2D eigenvalue weighted by atomic mass is 19.1. The van der Waals surface area contributed by atoms with Crippen molar-refractivity contribution >= 4 is 5.82 Å². The molecule has 4 atom stereocenters. The van der Waals surface area contributed by atoms with E-state index in [0.29, 0.717) is 10.8 Å². The summed E-state index contributed by atoms with van der Waals surface area (Å²) in [5, 5.41) is 28.9. The van der Waals surface area contributed by atoms with E-state index in [1.54, 1.807) is 0 Å². The number of ether oxygens (including phenoxy) is 1. The summed E-state index contributed by atoms with van der Waals surface area (Å²) in [6.45, 7) is -0.794. The first kappa shape index (κ1) is 14.4. The fourth-order valence-electron chi connectivity index (χ4n) is 1.94. The van der Waals surface area contributed by atoms with Crippen molar-refractivity contribution in [3.8, 4) is 12.3 Å². The topological polar surface area (TPSA) is 131 Å². The lowest BCUT2D eigenvalue weighted by Gasteiger charge is -2.23. The van der Waals surface area contributed by atoms with Crippen LogP contribution < -0.4 is 11.4 Å². The molecule has 9 heteroatoms. The Morgan fingerprint density at radius 2 is 2.30 bits per heavy atom. The van der Waals surface area contributed by atoms with Crippen molar-refractivity contribution in [3.05, 3.63) is 22.5 Å². The van der Waals surface area contributed by atoms with Crippen LogP contribution in [0.2, 0.25) is 0 Å². The lowest BCUT2D eigenvalue weighted by molar-refractivity contribution is -0.0938. The summed E-state index contributed by atoms with van der Waals surface area (Å²) < 4.78 is 19.1. The molecule has 1 aromatic heterocycles. The Kier molecular flexibility index (Phi) is 3.49. The van der Waals surface area contributed by atoms with Crippen molar-refractivity contribution in [3.63, 3.8) is 0 Å². The van der Waals surface area contributed by atoms with Crippen LogP contribution in [0.1, 0.15) is 6.23 Å². The Hall–Kier alpha value is -1.99. The summed E-state index contributed by atoms with van der Waals surface area (Å²) in [7, 11) is 0. The molecule has 1 aromatic rings. The van der Waals surface area contributed by atoms with Crippen LogP contribution in [-0.4, -0.2) is 49.3 Å². The molecule has 0 saturated carbocycles. The van der Waals surface area contributed by atoms with Gasteiger partial charge in [0.15, 0.2) is 23.5 Å². The summed E-state index contributed by atoms with van der Waals surface area (Å²) in [5.74, 6) is 0.407. The molecule has 108 valence electrons. The average molecular weight is 285 g/mol. The third-order valence-corrected chi connectivity index (χ3v) is 3.11. The zero-order valence-corrected chi connectivity index (χ0v) is 10.1. The molecule has 0 radical (unpaired) electrons. The molecule has 0 aliphatic carbocycles. The first-order chi connectivity index (χ1) is 9.36. The van der Waals surface area contributed by atoms with E-state index in [1.165, 1.54) is 0 Å². The molecule has 5 N–H and O–H groups in total. The van der Waals surface area contributed by atoms with Gasteiger partial charge >= 0.3 is 5.69 Å². The van der Waals surface area contributed by atoms with Gasteiger partial charge in [-0.25, -0.2) is 9.18 Å². The highest BCUT2D eigenvalue weighted by Gasteiger charge is 2.54. The molecule has 20 heavy (non-hydrogen) atoms. The van der Waals surface area contributed by atoms with E-state index in [1.807, 2.05) is 5.92 Å². The van der Waals surface area contributed by atoms with Crippen LogP contribution in [0.15, 0.2) is 11.0 Å².